The highest BCUT2D eigenvalue weighted by Gasteiger charge is 2.16. The van der Waals surface area contributed by atoms with E-state index in [4.69, 9.17) is 4.74 Å². The van der Waals surface area contributed by atoms with E-state index in [0.717, 1.165) is 25.0 Å². The van der Waals surface area contributed by atoms with Crippen LogP contribution < -0.4 is 5.32 Å². The predicted molar refractivity (Wildman–Crippen MR) is 73.0 cm³/mol. The average Bonchev–Trinajstić information content (AvgIpc) is 3.17. The van der Waals surface area contributed by atoms with Crippen LogP contribution in [0.2, 0.25) is 0 Å². The second kappa shape index (κ2) is 6.40. The van der Waals surface area contributed by atoms with E-state index in [1.165, 1.54) is 4.80 Å². The van der Waals surface area contributed by atoms with Crippen LogP contribution in [0.5, 0.6) is 0 Å². The van der Waals surface area contributed by atoms with Gasteiger partial charge < -0.3 is 10.1 Å². The summed E-state index contributed by atoms with van der Waals surface area (Å²) in [4.78, 5) is 17.1. The monoisotopic (exact) mass is 288 g/mol. The van der Waals surface area contributed by atoms with E-state index in [0.29, 0.717) is 12.4 Å². The van der Waals surface area contributed by atoms with Crippen LogP contribution in [0.3, 0.4) is 0 Å². The molecule has 21 heavy (non-hydrogen) atoms. The van der Waals surface area contributed by atoms with Crippen molar-refractivity contribution in [3.05, 3.63) is 24.5 Å². The van der Waals surface area contributed by atoms with E-state index in [1.54, 1.807) is 18.5 Å². The quantitative estimate of drug-likeness (QED) is 0.834. The molecular formula is C13H16N6O2. The summed E-state index contributed by atoms with van der Waals surface area (Å²) in [5.41, 5.74) is 0.767. The molecule has 0 radical (unpaired) electrons. The second-order valence-corrected chi connectivity index (χ2v) is 4.82. The Morgan fingerprint density at radius 3 is 3.24 bits per heavy atom. The lowest BCUT2D eigenvalue weighted by Crippen LogP contribution is -2.34. The van der Waals surface area contributed by atoms with Gasteiger partial charge in [-0.2, -0.15) is 4.80 Å². The summed E-state index contributed by atoms with van der Waals surface area (Å²) in [7, 11) is 0. The third kappa shape index (κ3) is 3.60. The molecule has 8 nitrogen and oxygen atoms in total. The van der Waals surface area contributed by atoms with Crippen molar-refractivity contribution in [1.82, 2.24) is 30.5 Å². The van der Waals surface area contributed by atoms with Crippen LogP contribution in [-0.4, -0.2) is 50.4 Å². The first kappa shape index (κ1) is 13.6. The van der Waals surface area contributed by atoms with E-state index < -0.39 is 0 Å². The Bertz CT molecular complexity index is 594. The van der Waals surface area contributed by atoms with Crippen molar-refractivity contribution < 1.29 is 9.53 Å². The molecule has 2 aromatic heterocycles. The summed E-state index contributed by atoms with van der Waals surface area (Å²) in [6.45, 7) is 1.35. The van der Waals surface area contributed by atoms with Crippen molar-refractivity contribution in [2.75, 3.05) is 13.2 Å². The zero-order valence-corrected chi connectivity index (χ0v) is 11.5. The molecule has 2 aromatic rings. The number of aromatic nitrogens is 5. The fourth-order valence-corrected chi connectivity index (χ4v) is 2.14. The molecule has 1 aliphatic rings. The van der Waals surface area contributed by atoms with E-state index in [2.05, 4.69) is 25.7 Å². The molecular weight excluding hydrogens is 272 g/mol. The molecule has 8 heteroatoms. The highest BCUT2D eigenvalue weighted by Crippen LogP contribution is 2.11. The Hall–Kier alpha value is -2.35. The van der Waals surface area contributed by atoms with Gasteiger partial charge in [-0.15, -0.1) is 10.2 Å². The molecule has 1 amide bonds. The molecule has 1 unspecified atom stereocenters. The highest BCUT2D eigenvalue weighted by atomic mass is 16.5. The van der Waals surface area contributed by atoms with Gasteiger partial charge in [-0.1, -0.05) is 0 Å². The molecule has 0 aromatic carbocycles. The molecule has 0 spiro atoms. The Morgan fingerprint density at radius 2 is 2.48 bits per heavy atom. The van der Waals surface area contributed by atoms with E-state index in [-0.39, 0.29) is 18.6 Å². The number of amides is 1. The van der Waals surface area contributed by atoms with Crippen LogP contribution in [-0.2, 0) is 16.1 Å². The van der Waals surface area contributed by atoms with Gasteiger partial charge in [0.1, 0.15) is 6.54 Å². The Balaban J connectivity index is 1.53. The van der Waals surface area contributed by atoms with Gasteiger partial charge in [0, 0.05) is 31.1 Å². The molecule has 110 valence electrons. The normalized spacial score (nSPS) is 17.8. The maximum absolute atomic E-state index is 11.8. The van der Waals surface area contributed by atoms with Gasteiger partial charge in [-0.3, -0.25) is 9.78 Å². The second-order valence-electron chi connectivity index (χ2n) is 4.82. The number of tetrazole rings is 1. The van der Waals surface area contributed by atoms with Crippen LogP contribution in [0.25, 0.3) is 11.4 Å². The van der Waals surface area contributed by atoms with Gasteiger partial charge in [-0.05, 0) is 30.2 Å². The zero-order valence-electron chi connectivity index (χ0n) is 11.5. The van der Waals surface area contributed by atoms with Crippen molar-refractivity contribution in [1.29, 1.82) is 0 Å². The molecule has 3 heterocycles. The van der Waals surface area contributed by atoms with Crippen LogP contribution in [0.15, 0.2) is 24.5 Å². The predicted octanol–water partition coefficient (Wildman–Crippen LogP) is 0.0303. The number of nitrogens with one attached hydrogen (secondary N) is 1. The molecule has 1 aliphatic heterocycles. The Kier molecular flexibility index (Phi) is 4.15. The first-order chi connectivity index (χ1) is 10.3. The minimum atomic E-state index is -0.152. The maximum atomic E-state index is 11.8. The SMILES string of the molecule is O=C(Cn1nnc(-c2cccnc2)n1)NCC1CCCO1. The van der Waals surface area contributed by atoms with Crippen molar-refractivity contribution in [3.63, 3.8) is 0 Å². The molecule has 0 aliphatic carbocycles. The van der Waals surface area contributed by atoms with Gasteiger partial charge in [0.2, 0.25) is 11.7 Å². The number of carbonyl (C=O) groups excluding carboxylic acids is 1. The first-order valence-corrected chi connectivity index (χ1v) is 6.88. The van der Waals surface area contributed by atoms with Gasteiger partial charge in [-0.25, -0.2) is 0 Å². The van der Waals surface area contributed by atoms with Gasteiger partial charge in [0.25, 0.3) is 0 Å². The van der Waals surface area contributed by atoms with Gasteiger partial charge in [0.15, 0.2) is 0 Å². The van der Waals surface area contributed by atoms with E-state index >= 15 is 0 Å². The van der Waals surface area contributed by atoms with Crippen LogP contribution in [0, 0.1) is 0 Å². The highest BCUT2D eigenvalue weighted by molar-refractivity contribution is 5.75. The molecule has 1 atom stereocenters. The minimum Gasteiger partial charge on any atom is -0.376 e. The third-order valence-corrected chi connectivity index (χ3v) is 3.21. The molecule has 0 saturated carbocycles. The fraction of sp³-hybridized carbons (Fsp3) is 0.462. The topological polar surface area (TPSA) is 94.8 Å². The summed E-state index contributed by atoms with van der Waals surface area (Å²) in [5.74, 6) is 0.302. The molecule has 1 saturated heterocycles. The first-order valence-electron chi connectivity index (χ1n) is 6.88. The summed E-state index contributed by atoms with van der Waals surface area (Å²) < 4.78 is 5.44. The number of carbonyl (C=O) groups is 1. The van der Waals surface area contributed by atoms with Crippen molar-refractivity contribution in [2.24, 2.45) is 0 Å². The summed E-state index contributed by atoms with van der Waals surface area (Å²) in [6, 6.07) is 3.64. The number of pyridine rings is 1. The lowest BCUT2D eigenvalue weighted by atomic mass is 10.2. The fourth-order valence-electron chi connectivity index (χ4n) is 2.14. The lowest BCUT2D eigenvalue weighted by molar-refractivity contribution is -0.122. The summed E-state index contributed by atoms with van der Waals surface area (Å²) in [5, 5.41) is 14.8. The van der Waals surface area contributed by atoms with E-state index in [9.17, 15) is 4.79 Å². The average molecular weight is 288 g/mol. The van der Waals surface area contributed by atoms with Crippen molar-refractivity contribution in [3.8, 4) is 11.4 Å². The number of hydrogen-bond donors (Lipinski definition) is 1. The van der Waals surface area contributed by atoms with Gasteiger partial charge >= 0.3 is 0 Å². The van der Waals surface area contributed by atoms with E-state index in [1.807, 2.05) is 6.07 Å². The number of nitrogens with zero attached hydrogens (tertiary/aromatic N) is 5. The number of ether oxygens (including phenoxy) is 1. The number of rotatable bonds is 5. The number of hydrogen-bond acceptors (Lipinski definition) is 6. The minimum absolute atomic E-state index is 0.0416. The third-order valence-electron chi connectivity index (χ3n) is 3.21. The maximum Gasteiger partial charge on any atom is 0.243 e. The molecule has 3 rings (SSSR count). The van der Waals surface area contributed by atoms with Crippen LogP contribution >= 0.6 is 0 Å². The molecule has 1 fully saturated rings. The van der Waals surface area contributed by atoms with Crippen molar-refractivity contribution in [2.45, 2.75) is 25.5 Å². The van der Waals surface area contributed by atoms with Crippen LogP contribution in [0.1, 0.15) is 12.8 Å². The Morgan fingerprint density at radius 1 is 1.52 bits per heavy atom. The standard InChI is InChI=1S/C13H16N6O2/c20-12(15-8-11-4-2-6-21-11)9-19-17-13(16-18-19)10-3-1-5-14-7-10/h1,3,5,7,11H,2,4,6,8-9H2,(H,15,20). The zero-order chi connectivity index (χ0) is 14.5. The lowest BCUT2D eigenvalue weighted by Gasteiger charge is -2.09. The summed E-state index contributed by atoms with van der Waals surface area (Å²) >= 11 is 0. The largest absolute Gasteiger partial charge is 0.376 e. The van der Waals surface area contributed by atoms with Crippen LogP contribution in [0.4, 0.5) is 0 Å². The summed E-state index contributed by atoms with van der Waals surface area (Å²) in [6.07, 6.45) is 5.50. The smallest absolute Gasteiger partial charge is 0.243 e. The van der Waals surface area contributed by atoms with Crippen molar-refractivity contribution >= 4 is 5.91 Å². The van der Waals surface area contributed by atoms with Gasteiger partial charge in [0.05, 0.1) is 6.10 Å². The molecule has 1 N–H and O–H groups in total. The molecule has 0 bridgehead atoms. The Labute approximate surface area is 121 Å².